The molecule has 3 nitrogen and oxygen atoms in total. The summed E-state index contributed by atoms with van der Waals surface area (Å²) in [6.07, 6.45) is 0.625. The van der Waals surface area contributed by atoms with E-state index < -0.39 is 17.7 Å². The van der Waals surface area contributed by atoms with E-state index in [1.165, 1.54) is 0 Å². The second-order valence-corrected chi connectivity index (χ2v) is 5.20. The van der Waals surface area contributed by atoms with Gasteiger partial charge in [0.1, 0.15) is 11.6 Å². The molecule has 0 fully saturated rings. The summed E-state index contributed by atoms with van der Waals surface area (Å²) >= 11 is 3.42. The van der Waals surface area contributed by atoms with Crippen molar-refractivity contribution in [3.05, 3.63) is 64.1 Å². The normalized spacial score (nSPS) is 10.2. The summed E-state index contributed by atoms with van der Waals surface area (Å²) in [5, 5.41) is 4.87. The molecule has 0 heterocycles. The fraction of sp³-hybridized carbons (Fsp3) is 0.133. The van der Waals surface area contributed by atoms with E-state index >= 15 is 0 Å². The smallest absolute Gasteiger partial charge is 0.319 e. The number of hydrogen-bond donors (Lipinski definition) is 2. The lowest BCUT2D eigenvalue weighted by molar-refractivity contribution is 0.252. The third kappa shape index (κ3) is 4.53. The summed E-state index contributed by atoms with van der Waals surface area (Å²) in [4.78, 5) is 11.6. The van der Waals surface area contributed by atoms with Crippen molar-refractivity contribution in [2.45, 2.75) is 6.42 Å². The van der Waals surface area contributed by atoms with Gasteiger partial charge in [0.15, 0.2) is 0 Å². The Kier molecular flexibility index (Phi) is 5.27. The molecule has 0 spiro atoms. The molecule has 0 saturated heterocycles. The first-order chi connectivity index (χ1) is 10.1. The number of carbonyl (C=O) groups excluding carboxylic acids is 1. The summed E-state index contributed by atoms with van der Waals surface area (Å²) in [5.41, 5.74) is 0.864. The van der Waals surface area contributed by atoms with Crippen LogP contribution in [0.4, 0.5) is 19.3 Å². The van der Waals surface area contributed by atoms with Crippen molar-refractivity contribution in [1.29, 1.82) is 0 Å². The van der Waals surface area contributed by atoms with Gasteiger partial charge in [0.2, 0.25) is 0 Å². The largest absolute Gasteiger partial charge is 0.338 e. The van der Waals surface area contributed by atoms with Gasteiger partial charge in [0, 0.05) is 17.1 Å². The SMILES string of the molecule is O=C(NCCc1ccccc1Br)Nc1cc(F)ccc1F. The van der Waals surface area contributed by atoms with Crippen LogP contribution in [0.25, 0.3) is 0 Å². The zero-order valence-corrected chi connectivity index (χ0v) is 12.6. The molecule has 0 aliphatic rings. The average Bonchev–Trinajstić information content (AvgIpc) is 2.45. The molecule has 0 unspecified atom stereocenters. The molecule has 2 amide bonds. The maximum Gasteiger partial charge on any atom is 0.319 e. The van der Waals surface area contributed by atoms with Gasteiger partial charge in [-0.05, 0) is 30.2 Å². The molecule has 6 heteroatoms. The Morgan fingerprint density at radius 2 is 1.90 bits per heavy atom. The Morgan fingerprint density at radius 1 is 1.14 bits per heavy atom. The number of urea groups is 1. The van der Waals surface area contributed by atoms with Crippen LogP contribution < -0.4 is 10.6 Å². The van der Waals surface area contributed by atoms with Crippen molar-refractivity contribution in [1.82, 2.24) is 5.32 Å². The number of carbonyl (C=O) groups is 1. The van der Waals surface area contributed by atoms with E-state index in [0.29, 0.717) is 13.0 Å². The Labute approximate surface area is 129 Å². The second kappa shape index (κ2) is 7.17. The monoisotopic (exact) mass is 354 g/mol. The van der Waals surface area contributed by atoms with Gasteiger partial charge < -0.3 is 10.6 Å². The molecular weight excluding hydrogens is 342 g/mol. The Balaban J connectivity index is 1.85. The number of anilines is 1. The number of nitrogens with one attached hydrogen (secondary N) is 2. The lowest BCUT2D eigenvalue weighted by Gasteiger charge is -2.09. The van der Waals surface area contributed by atoms with Gasteiger partial charge in [-0.1, -0.05) is 34.1 Å². The predicted octanol–water partition coefficient (Wildman–Crippen LogP) is 4.09. The summed E-state index contributed by atoms with van der Waals surface area (Å²) in [6, 6.07) is 9.97. The minimum Gasteiger partial charge on any atom is -0.338 e. The zero-order valence-electron chi connectivity index (χ0n) is 11.0. The van der Waals surface area contributed by atoms with E-state index in [-0.39, 0.29) is 5.69 Å². The van der Waals surface area contributed by atoms with Crippen molar-refractivity contribution >= 4 is 27.6 Å². The Hall–Kier alpha value is -1.95. The van der Waals surface area contributed by atoms with Crippen molar-refractivity contribution in [2.24, 2.45) is 0 Å². The van der Waals surface area contributed by atoms with Gasteiger partial charge in [0.25, 0.3) is 0 Å². The van der Waals surface area contributed by atoms with Crippen LogP contribution in [0.1, 0.15) is 5.56 Å². The molecule has 2 rings (SSSR count). The Bertz CT molecular complexity index is 649. The summed E-state index contributed by atoms with van der Waals surface area (Å²) < 4.78 is 27.3. The number of rotatable bonds is 4. The third-order valence-corrected chi connectivity index (χ3v) is 3.59. The van der Waals surface area contributed by atoms with Gasteiger partial charge in [-0.2, -0.15) is 0 Å². The van der Waals surface area contributed by atoms with Crippen molar-refractivity contribution in [3.8, 4) is 0 Å². The highest BCUT2D eigenvalue weighted by Gasteiger charge is 2.08. The lowest BCUT2D eigenvalue weighted by atomic mass is 10.1. The van der Waals surface area contributed by atoms with Crippen LogP contribution in [0, 0.1) is 11.6 Å². The molecule has 0 aliphatic carbocycles. The van der Waals surface area contributed by atoms with E-state index in [0.717, 1.165) is 28.2 Å². The van der Waals surface area contributed by atoms with Gasteiger partial charge in [0.05, 0.1) is 5.69 Å². The highest BCUT2D eigenvalue weighted by Crippen LogP contribution is 2.16. The quantitative estimate of drug-likeness (QED) is 0.852. The molecule has 0 radical (unpaired) electrons. The van der Waals surface area contributed by atoms with Crippen LogP contribution in [0.3, 0.4) is 0 Å². The molecule has 0 bridgehead atoms. The molecule has 2 aromatic rings. The molecular formula is C15H13BrF2N2O. The molecule has 0 saturated carbocycles. The van der Waals surface area contributed by atoms with E-state index in [1.54, 1.807) is 0 Å². The average molecular weight is 355 g/mol. The molecule has 0 aromatic heterocycles. The molecule has 2 aromatic carbocycles. The molecule has 0 atom stereocenters. The number of halogens is 3. The molecule has 110 valence electrons. The molecule has 21 heavy (non-hydrogen) atoms. The maximum atomic E-state index is 13.4. The van der Waals surface area contributed by atoms with E-state index in [2.05, 4.69) is 26.6 Å². The van der Waals surface area contributed by atoms with E-state index in [4.69, 9.17) is 0 Å². The van der Waals surface area contributed by atoms with Gasteiger partial charge in [-0.15, -0.1) is 0 Å². The van der Waals surface area contributed by atoms with Crippen molar-refractivity contribution in [2.75, 3.05) is 11.9 Å². The molecule has 2 N–H and O–H groups in total. The summed E-state index contributed by atoms with van der Waals surface area (Å²) in [7, 11) is 0. The van der Waals surface area contributed by atoms with Crippen LogP contribution in [-0.2, 0) is 6.42 Å². The number of hydrogen-bond acceptors (Lipinski definition) is 1. The maximum absolute atomic E-state index is 13.4. The van der Waals surface area contributed by atoms with Crippen LogP contribution in [0.5, 0.6) is 0 Å². The zero-order chi connectivity index (χ0) is 15.2. The van der Waals surface area contributed by atoms with Crippen molar-refractivity contribution < 1.29 is 13.6 Å². The lowest BCUT2D eigenvalue weighted by Crippen LogP contribution is -2.30. The van der Waals surface area contributed by atoms with Crippen LogP contribution in [0.2, 0.25) is 0 Å². The fourth-order valence-electron chi connectivity index (χ4n) is 1.77. The van der Waals surface area contributed by atoms with Crippen LogP contribution in [0.15, 0.2) is 46.9 Å². The van der Waals surface area contributed by atoms with Crippen molar-refractivity contribution in [3.63, 3.8) is 0 Å². The van der Waals surface area contributed by atoms with Crippen LogP contribution in [-0.4, -0.2) is 12.6 Å². The van der Waals surface area contributed by atoms with Gasteiger partial charge in [-0.3, -0.25) is 0 Å². The van der Waals surface area contributed by atoms with E-state index in [1.807, 2.05) is 24.3 Å². The fourth-order valence-corrected chi connectivity index (χ4v) is 2.25. The number of amides is 2. The highest BCUT2D eigenvalue weighted by atomic mass is 79.9. The first kappa shape index (κ1) is 15.4. The van der Waals surface area contributed by atoms with Gasteiger partial charge >= 0.3 is 6.03 Å². The predicted molar refractivity (Wildman–Crippen MR) is 81.2 cm³/mol. The van der Waals surface area contributed by atoms with Gasteiger partial charge in [-0.25, -0.2) is 13.6 Å². The van der Waals surface area contributed by atoms with Crippen LogP contribution >= 0.6 is 15.9 Å². The minimum absolute atomic E-state index is 0.187. The third-order valence-electron chi connectivity index (χ3n) is 2.81. The first-order valence-corrected chi connectivity index (χ1v) is 7.09. The second-order valence-electron chi connectivity index (χ2n) is 4.35. The minimum atomic E-state index is -0.683. The summed E-state index contributed by atoms with van der Waals surface area (Å²) in [5.74, 6) is -1.29. The highest BCUT2D eigenvalue weighted by molar-refractivity contribution is 9.10. The number of benzene rings is 2. The summed E-state index contributed by atoms with van der Waals surface area (Å²) in [6.45, 7) is 0.380. The standard InChI is InChI=1S/C15H13BrF2N2O/c16-12-4-2-1-3-10(12)7-8-19-15(21)20-14-9-11(17)5-6-13(14)18/h1-6,9H,7-8H2,(H2,19,20,21). The molecule has 0 aliphatic heterocycles. The first-order valence-electron chi connectivity index (χ1n) is 6.29. The Morgan fingerprint density at radius 3 is 2.67 bits per heavy atom. The topological polar surface area (TPSA) is 41.1 Å². The van der Waals surface area contributed by atoms with E-state index in [9.17, 15) is 13.6 Å².